The van der Waals surface area contributed by atoms with Crippen molar-refractivity contribution in [3.8, 4) is 5.75 Å². The number of aldehydes is 1. The minimum absolute atomic E-state index is 0.224. The quantitative estimate of drug-likeness (QED) is 0.429. The van der Waals surface area contributed by atoms with Crippen LogP contribution in [0.3, 0.4) is 0 Å². The van der Waals surface area contributed by atoms with Crippen LogP contribution >= 0.6 is 0 Å². The molecule has 1 aromatic rings. The summed E-state index contributed by atoms with van der Waals surface area (Å²) in [4.78, 5) is 21.4. The van der Waals surface area contributed by atoms with Crippen molar-refractivity contribution in [1.82, 2.24) is 0 Å². The molecule has 0 aliphatic rings. The number of rotatable bonds is 6. The molecule has 17 heavy (non-hydrogen) atoms. The molecule has 0 N–H and O–H groups in total. The van der Waals surface area contributed by atoms with Gasteiger partial charge in [0.05, 0.1) is 0 Å². The second-order valence-corrected chi connectivity index (χ2v) is 3.45. The number of hydrogen-bond donors (Lipinski definition) is 0. The van der Waals surface area contributed by atoms with E-state index in [2.05, 4.69) is 6.58 Å². The Morgan fingerprint density at radius 2 is 2.29 bits per heavy atom. The van der Waals surface area contributed by atoms with Crippen LogP contribution in [0.5, 0.6) is 5.75 Å². The van der Waals surface area contributed by atoms with E-state index >= 15 is 0 Å². The van der Waals surface area contributed by atoms with Gasteiger partial charge in [0.2, 0.25) is 0 Å². The van der Waals surface area contributed by atoms with Gasteiger partial charge in [0, 0.05) is 11.6 Å². The van der Waals surface area contributed by atoms with Crippen LogP contribution in [0, 0.1) is 0 Å². The van der Waals surface area contributed by atoms with Crippen LogP contribution in [0.2, 0.25) is 0 Å². The molecule has 0 bridgehead atoms. The number of esters is 1. The first-order valence-electron chi connectivity index (χ1n) is 5.17. The third-order valence-corrected chi connectivity index (χ3v) is 1.96. The Hall–Kier alpha value is -2.10. The smallest absolute Gasteiger partial charge is 0.330 e. The molecule has 1 atom stereocenters. The fourth-order valence-electron chi connectivity index (χ4n) is 1.17. The molecule has 0 aromatic heterocycles. The standard InChI is InChI=1S/C13H14O4/c1-3-13(15)17-10(2)9-16-12-6-4-5-11(7-12)8-14/h3-8,10H,1,9H2,2H3. The molecule has 0 heterocycles. The van der Waals surface area contributed by atoms with Crippen molar-refractivity contribution in [2.75, 3.05) is 6.61 Å². The van der Waals surface area contributed by atoms with Crippen LogP contribution in [0.15, 0.2) is 36.9 Å². The molecule has 0 spiro atoms. The van der Waals surface area contributed by atoms with Crippen LogP contribution in [0.4, 0.5) is 0 Å². The topological polar surface area (TPSA) is 52.6 Å². The molecule has 0 saturated carbocycles. The summed E-state index contributed by atoms with van der Waals surface area (Å²) in [5, 5.41) is 0. The monoisotopic (exact) mass is 234 g/mol. The zero-order valence-corrected chi connectivity index (χ0v) is 9.59. The van der Waals surface area contributed by atoms with E-state index in [1.54, 1.807) is 31.2 Å². The Morgan fingerprint density at radius 1 is 1.53 bits per heavy atom. The molecular weight excluding hydrogens is 220 g/mol. The zero-order valence-electron chi connectivity index (χ0n) is 9.59. The van der Waals surface area contributed by atoms with Crippen LogP contribution in [0.1, 0.15) is 17.3 Å². The van der Waals surface area contributed by atoms with Crippen LogP contribution < -0.4 is 4.74 Å². The lowest BCUT2D eigenvalue weighted by Crippen LogP contribution is -2.20. The number of carbonyl (C=O) groups excluding carboxylic acids is 2. The summed E-state index contributed by atoms with van der Waals surface area (Å²) in [5.41, 5.74) is 0.540. The van der Waals surface area contributed by atoms with E-state index in [9.17, 15) is 9.59 Å². The molecule has 1 unspecified atom stereocenters. The van der Waals surface area contributed by atoms with E-state index < -0.39 is 5.97 Å². The van der Waals surface area contributed by atoms with Gasteiger partial charge in [-0.1, -0.05) is 18.7 Å². The van der Waals surface area contributed by atoms with E-state index in [1.807, 2.05) is 0 Å². The SMILES string of the molecule is C=CC(=O)OC(C)COc1cccc(C=O)c1. The predicted molar refractivity (Wildman–Crippen MR) is 63.1 cm³/mol. The molecule has 1 rings (SSSR count). The zero-order chi connectivity index (χ0) is 12.7. The maximum atomic E-state index is 10.9. The number of benzene rings is 1. The lowest BCUT2D eigenvalue weighted by atomic mass is 10.2. The summed E-state index contributed by atoms with van der Waals surface area (Å²) >= 11 is 0. The van der Waals surface area contributed by atoms with E-state index in [4.69, 9.17) is 9.47 Å². The minimum atomic E-state index is -0.484. The third-order valence-electron chi connectivity index (χ3n) is 1.96. The first-order valence-corrected chi connectivity index (χ1v) is 5.17. The molecule has 0 fully saturated rings. The van der Waals surface area contributed by atoms with Gasteiger partial charge < -0.3 is 9.47 Å². The van der Waals surface area contributed by atoms with Crippen LogP contribution in [0.25, 0.3) is 0 Å². The Morgan fingerprint density at radius 3 is 2.94 bits per heavy atom. The molecular formula is C13H14O4. The van der Waals surface area contributed by atoms with Crippen molar-refractivity contribution in [2.45, 2.75) is 13.0 Å². The fraction of sp³-hybridized carbons (Fsp3) is 0.231. The highest BCUT2D eigenvalue weighted by Crippen LogP contribution is 2.12. The van der Waals surface area contributed by atoms with Crippen molar-refractivity contribution in [3.05, 3.63) is 42.5 Å². The van der Waals surface area contributed by atoms with Crippen LogP contribution in [-0.2, 0) is 9.53 Å². The molecule has 0 radical (unpaired) electrons. The normalized spacial score (nSPS) is 11.4. The second kappa shape index (κ2) is 6.48. The molecule has 4 heteroatoms. The molecule has 0 aliphatic carbocycles. The second-order valence-electron chi connectivity index (χ2n) is 3.45. The van der Waals surface area contributed by atoms with Gasteiger partial charge in [0.1, 0.15) is 24.7 Å². The van der Waals surface area contributed by atoms with Crippen molar-refractivity contribution in [2.24, 2.45) is 0 Å². The number of carbonyl (C=O) groups is 2. The average molecular weight is 234 g/mol. The average Bonchev–Trinajstić information content (AvgIpc) is 2.36. The predicted octanol–water partition coefficient (Wildman–Crippen LogP) is 2.00. The third kappa shape index (κ3) is 4.51. The highest BCUT2D eigenvalue weighted by Gasteiger charge is 2.07. The number of ether oxygens (including phenoxy) is 2. The summed E-state index contributed by atoms with van der Waals surface area (Å²) < 4.78 is 10.3. The lowest BCUT2D eigenvalue weighted by Gasteiger charge is -2.13. The van der Waals surface area contributed by atoms with Gasteiger partial charge in [-0.3, -0.25) is 4.79 Å². The van der Waals surface area contributed by atoms with Gasteiger partial charge in [0.15, 0.2) is 0 Å². The first kappa shape index (κ1) is 13.0. The van der Waals surface area contributed by atoms with Crippen molar-refractivity contribution < 1.29 is 19.1 Å². The Kier molecular flexibility index (Phi) is 4.94. The van der Waals surface area contributed by atoms with Crippen molar-refractivity contribution >= 4 is 12.3 Å². The Labute approximate surface area is 99.8 Å². The van der Waals surface area contributed by atoms with Crippen molar-refractivity contribution in [1.29, 1.82) is 0 Å². The summed E-state index contributed by atoms with van der Waals surface area (Å²) in [6.45, 7) is 5.24. The van der Waals surface area contributed by atoms with Gasteiger partial charge in [-0.15, -0.1) is 0 Å². The van der Waals surface area contributed by atoms with Gasteiger partial charge in [-0.25, -0.2) is 4.79 Å². The Bertz CT molecular complexity index is 412. The van der Waals surface area contributed by atoms with E-state index in [-0.39, 0.29) is 12.7 Å². The summed E-state index contributed by atoms with van der Waals surface area (Å²) in [6, 6.07) is 6.75. The lowest BCUT2D eigenvalue weighted by molar-refractivity contribution is -0.143. The Balaban J connectivity index is 2.46. The molecule has 0 aliphatic heterocycles. The van der Waals surface area contributed by atoms with Gasteiger partial charge in [-0.05, 0) is 19.1 Å². The molecule has 90 valence electrons. The van der Waals surface area contributed by atoms with Crippen molar-refractivity contribution in [3.63, 3.8) is 0 Å². The van der Waals surface area contributed by atoms with E-state index in [0.717, 1.165) is 12.4 Å². The molecule has 0 amide bonds. The summed E-state index contributed by atoms with van der Waals surface area (Å²) in [6.07, 6.45) is 1.47. The highest BCUT2D eigenvalue weighted by molar-refractivity contribution is 5.81. The molecule has 4 nitrogen and oxygen atoms in total. The molecule has 0 saturated heterocycles. The summed E-state index contributed by atoms with van der Waals surface area (Å²) in [5.74, 6) is 0.0823. The minimum Gasteiger partial charge on any atom is -0.490 e. The number of hydrogen-bond acceptors (Lipinski definition) is 4. The first-order chi connectivity index (χ1) is 8.15. The molecule has 1 aromatic carbocycles. The van der Waals surface area contributed by atoms with Gasteiger partial charge >= 0.3 is 5.97 Å². The van der Waals surface area contributed by atoms with E-state index in [1.165, 1.54) is 0 Å². The van der Waals surface area contributed by atoms with Gasteiger partial charge in [-0.2, -0.15) is 0 Å². The highest BCUT2D eigenvalue weighted by atomic mass is 16.6. The largest absolute Gasteiger partial charge is 0.490 e. The summed E-state index contributed by atoms with van der Waals surface area (Å²) in [7, 11) is 0. The van der Waals surface area contributed by atoms with Gasteiger partial charge in [0.25, 0.3) is 0 Å². The van der Waals surface area contributed by atoms with E-state index in [0.29, 0.717) is 11.3 Å². The van der Waals surface area contributed by atoms with Crippen LogP contribution in [-0.4, -0.2) is 25.0 Å². The fourth-order valence-corrected chi connectivity index (χ4v) is 1.17. The maximum Gasteiger partial charge on any atom is 0.330 e. The maximum absolute atomic E-state index is 10.9.